The fourth-order valence-electron chi connectivity index (χ4n) is 3.71. The minimum absolute atomic E-state index is 0. The van der Waals surface area contributed by atoms with Gasteiger partial charge in [0.2, 0.25) is 16.8 Å². The van der Waals surface area contributed by atoms with Crippen LogP contribution in [0.3, 0.4) is 0 Å². The summed E-state index contributed by atoms with van der Waals surface area (Å²) in [6, 6.07) is 12.1. The lowest BCUT2D eigenvalue weighted by Crippen LogP contribution is -2.43. The van der Waals surface area contributed by atoms with Gasteiger partial charge in [0.05, 0.1) is 24.2 Å². The number of rotatable bonds is 8. The molecular formula is C22H29ClN2O6S. The van der Waals surface area contributed by atoms with E-state index in [2.05, 4.69) is 9.62 Å². The molecule has 2 aromatic carbocycles. The van der Waals surface area contributed by atoms with E-state index in [9.17, 15) is 8.42 Å². The van der Waals surface area contributed by atoms with Gasteiger partial charge in [0.15, 0.2) is 11.5 Å². The molecule has 32 heavy (non-hydrogen) atoms. The number of nitrogens with zero attached hydrogens (tertiary/aromatic N) is 1. The van der Waals surface area contributed by atoms with Gasteiger partial charge in [-0.3, -0.25) is 4.90 Å². The van der Waals surface area contributed by atoms with E-state index < -0.39 is 10.0 Å². The van der Waals surface area contributed by atoms with Crippen LogP contribution in [0.1, 0.15) is 25.5 Å². The second-order valence-corrected chi connectivity index (χ2v) is 9.53. The van der Waals surface area contributed by atoms with Gasteiger partial charge in [0.1, 0.15) is 5.75 Å². The van der Waals surface area contributed by atoms with Crippen molar-refractivity contribution in [2.75, 3.05) is 39.6 Å². The molecule has 8 nitrogen and oxygen atoms in total. The standard InChI is InChI=1S/C22H28N2O6S.ClH/c1-16(2)30-18-4-6-19(7-5-18)31(25,26)23-14-20(24-9-11-27-12-10-24)17-3-8-21-22(13-17)29-15-28-21;/h3-8,13,16,20,23H,9-12,14-15H2,1-2H3;1H. The molecule has 4 rings (SSSR count). The van der Waals surface area contributed by atoms with Gasteiger partial charge in [-0.05, 0) is 55.8 Å². The number of ether oxygens (including phenoxy) is 4. The molecule has 176 valence electrons. The third-order valence-electron chi connectivity index (χ3n) is 5.24. The molecule has 0 bridgehead atoms. The maximum Gasteiger partial charge on any atom is 0.240 e. The number of halogens is 1. The van der Waals surface area contributed by atoms with E-state index >= 15 is 0 Å². The predicted octanol–water partition coefficient (Wildman–Crippen LogP) is 2.98. The Morgan fingerprint density at radius 3 is 2.41 bits per heavy atom. The quantitative estimate of drug-likeness (QED) is 0.616. The molecule has 0 aromatic heterocycles. The van der Waals surface area contributed by atoms with Crippen molar-refractivity contribution >= 4 is 22.4 Å². The monoisotopic (exact) mass is 484 g/mol. The maximum absolute atomic E-state index is 12.9. The van der Waals surface area contributed by atoms with Crippen molar-refractivity contribution in [2.45, 2.75) is 30.9 Å². The Morgan fingerprint density at radius 2 is 1.72 bits per heavy atom. The highest BCUT2D eigenvalue weighted by molar-refractivity contribution is 7.89. The lowest BCUT2D eigenvalue weighted by Gasteiger charge is -2.35. The molecule has 1 fully saturated rings. The fourth-order valence-corrected chi connectivity index (χ4v) is 4.75. The van der Waals surface area contributed by atoms with E-state index in [4.69, 9.17) is 18.9 Å². The summed E-state index contributed by atoms with van der Waals surface area (Å²) in [5.41, 5.74) is 0.967. The number of morpholine rings is 1. The van der Waals surface area contributed by atoms with Crippen LogP contribution in [0.5, 0.6) is 17.2 Å². The van der Waals surface area contributed by atoms with Gasteiger partial charge >= 0.3 is 0 Å². The first-order chi connectivity index (χ1) is 14.9. The Balaban J connectivity index is 0.00000289. The Kier molecular flexibility index (Phi) is 8.24. The lowest BCUT2D eigenvalue weighted by molar-refractivity contribution is 0.0171. The molecule has 0 radical (unpaired) electrons. The summed E-state index contributed by atoms with van der Waals surface area (Å²) >= 11 is 0. The normalized spacial score (nSPS) is 17.1. The second-order valence-electron chi connectivity index (χ2n) is 7.77. The molecular weight excluding hydrogens is 456 g/mol. The Morgan fingerprint density at radius 1 is 1.03 bits per heavy atom. The summed E-state index contributed by atoms with van der Waals surface area (Å²) in [7, 11) is -3.68. The Hall–Kier alpha value is -2.04. The van der Waals surface area contributed by atoms with Crippen LogP contribution in [-0.2, 0) is 14.8 Å². The van der Waals surface area contributed by atoms with Gasteiger partial charge in [-0.1, -0.05) is 6.07 Å². The van der Waals surface area contributed by atoms with Gasteiger partial charge in [-0.15, -0.1) is 12.4 Å². The minimum atomic E-state index is -3.68. The van der Waals surface area contributed by atoms with Gasteiger partial charge in [0, 0.05) is 25.7 Å². The number of hydrogen-bond donors (Lipinski definition) is 1. The first-order valence-electron chi connectivity index (χ1n) is 10.4. The van der Waals surface area contributed by atoms with Gasteiger partial charge < -0.3 is 18.9 Å². The second kappa shape index (κ2) is 10.7. The molecule has 2 aromatic rings. The third kappa shape index (κ3) is 5.85. The molecule has 0 saturated carbocycles. The van der Waals surface area contributed by atoms with Crippen LogP contribution >= 0.6 is 12.4 Å². The summed E-state index contributed by atoms with van der Waals surface area (Å²) in [6.07, 6.45) is 0.0246. The maximum atomic E-state index is 12.9. The SMILES string of the molecule is CC(C)Oc1ccc(S(=O)(=O)NCC(c2ccc3c(c2)OCO3)N2CCOCC2)cc1.Cl. The third-order valence-corrected chi connectivity index (χ3v) is 6.68. The molecule has 1 saturated heterocycles. The zero-order valence-electron chi connectivity index (χ0n) is 18.2. The van der Waals surface area contributed by atoms with Crippen LogP contribution in [-0.4, -0.2) is 59.1 Å². The first kappa shape index (κ1) is 24.6. The number of hydrogen-bond acceptors (Lipinski definition) is 7. The highest BCUT2D eigenvalue weighted by atomic mass is 35.5. The van der Waals surface area contributed by atoms with Crippen molar-refractivity contribution in [1.82, 2.24) is 9.62 Å². The molecule has 2 aliphatic heterocycles. The molecule has 0 aliphatic carbocycles. The topological polar surface area (TPSA) is 86.3 Å². The van der Waals surface area contributed by atoms with E-state index in [1.54, 1.807) is 24.3 Å². The molecule has 1 unspecified atom stereocenters. The van der Waals surface area contributed by atoms with Crippen molar-refractivity contribution in [3.8, 4) is 17.2 Å². The van der Waals surface area contributed by atoms with Crippen molar-refractivity contribution in [1.29, 1.82) is 0 Å². The number of fused-ring (bicyclic) bond motifs is 1. The minimum Gasteiger partial charge on any atom is -0.491 e. The molecule has 10 heteroatoms. The smallest absolute Gasteiger partial charge is 0.240 e. The number of nitrogens with one attached hydrogen (secondary N) is 1. The van der Waals surface area contributed by atoms with Crippen LogP contribution in [0.15, 0.2) is 47.4 Å². The zero-order chi connectivity index (χ0) is 21.8. The average molecular weight is 485 g/mol. The van der Waals surface area contributed by atoms with Crippen LogP contribution in [0.2, 0.25) is 0 Å². The molecule has 0 spiro atoms. The molecule has 1 N–H and O–H groups in total. The highest BCUT2D eigenvalue weighted by Gasteiger charge is 2.27. The van der Waals surface area contributed by atoms with Gasteiger partial charge in [-0.25, -0.2) is 13.1 Å². The Labute approximate surface area is 195 Å². The van der Waals surface area contributed by atoms with Crippen LogP contribution in [0.4, 0.5) is 0 Å². The summed E-state index contributed by atoms with van der Waals surface area (Å²) in [5, 5.41) is 0. The van der Waals surface area contributed by atoms with E-state index in [0.717, 1.165) is 18.7 Å². The van der Waals surface area contributed by atoms with Crippen molar-refractivity contribution in [3.63, 3.8) is 0 Å². The van der Waals surface area contributed by atoms with Crippen LogP contribution < -0.4 is 18.9 Å². The first-order valence-corrected chi connectivity index (χ1v) is 11.9. The largest absolute Gasteiger partial charge is 0.491 e. The molecule has 2 heterocycles. The fraction of sp³-hybridized carbons (Fsp3) is 0.455. The summed E-state index contributed by atoms with van der Waals surface area (Å²) in [5.74, 6) is 2.02. The number of benzene rings is 2. The van der Waals surface area contributed by atoms with E-state index in [-0.39, 0.29) is 42.8 Å². The summed E-state index contributed by atoms with van der Waals surface area (Å²) in [4.78, 5) is 2.43. The van der Waals surface area contributed by atoms with Crippen molar-refractivity contribution in [3.05, 3.63) is 48.0 Å². The molecule has 1 atom stereocenters. The number of sulfonamides is 1. The van der Waals surface area contributed by atoms with Crippen LogP contribution in [0, 0.1) is 0 Å². The van der Waals surface area contributed by atoms with E-state index in [1.165, 1.54) is 0 Å². The molecule has 2 aliphatic rings. The summed E-state index contributed by atoms with van der Waals surface area (Å²) < 4.78 is 50.6. The van der Waals surface area contributed by atoms with Gasteiger partial charge in [0.25, 0.3) is 0 Å². The van der Waals surface area contributed by atoms with E-state index in [1.807, 2.05) is 32.0 Å². The van der Waals surface area contributed by atoms with Crippen LogP contribution in [0.25, 0.3) is 0 Å². The molecule has 0 amide bonds. The zero-order valence-corrected chi connectivity index (χ0v) is 19.8. The van der Waals surface area contributed by atoms with E-state index in [0.29, 0.717) is 30.5 Å². The Bertz CT molecular complexity index is 994. The van der Waals surface area contributed by atoms with Crippen molar-refractivity contribution < 1.29 is 27.4 Å². The average Bonchev–Trinajstić information content (AvgIpc) is 3.23. The predicted molar refractivity (Wildman–Crippen MR) is 122 cm³/mol. The van der Waals surface area contributed by atoms with Crippen molar-refractivity contribution in [2.24, 2.45) is 0 Å². The summed E-state index contributed by atoms with van der Waals surface area (Å²) in [6.45, 7) is 6.96. The highest BCUT2D eigenvalue weighted by Crippen LogP contribution is 2.35. The lowest BCUT2D eigenvalue weighted by atomic mass is 10.0. The van der Waals surface area contributed by atoms with Gasteiger partial charge in [-0.2, -0.15) is 0 Å².